The first-order valence-electron chi connectivity index (χ1n) is 6.81. The summed E-state index contributed by atoms with van der Waals surface area (Å²) in [5.41, 5.74) is 1.65. The molecule has 1 unspecified atom stereocenters. The van der Waals surface area contributed by atoms with Gasteiger partial charge in [0.1, 0.15) is 0 Å². The molecule has 0 amide bonds. The van der Waals surface area contributed by atoms with Crippen molar-refractivity contribution in [1.29, 1.82) is 0 Å². The topological polar surface area (TPSA) is 43.4 Å². The van der Waals surface area contributed by atoms with Gasteiger partial charge < -0.3 is 0 Å². The quantitative estimate of drug-likeness (QED) is 0.410. The van der Waals surface area contributed by atoms with Crippen molar-refractivity contribution in [2.45, 2.75) is 46.0 Å². The minimum atomic E-state index is -1.81. The lowest BCUT2D eigenvalue weighted by Crippen LogP contribution is -2.09. The average Bonchev–Trinajstić information content (AvgIpc) is 2.45. The van der Waals surface area contributed by atoms with E-state index in [0.29, 0.717) is 11.7 Å². The molecular weight excluding hydrogens is 259 g/mol. The Balaban J connectivity index is 2.87. The Hall–Kier alpha value is -1.05. The molecule has 1 aromatic rings. The highest BCUT2D eigenvalue weighted by atomic mass is 31.1. The maximum Gasteiger partial charge on any atom is 0.548 e. The number of benzene rings is 1. The summed E-state index contributed by atoms with van der Waals surface area (Å²) in [6.07, 6.45) is 4.47. The minimum absolute atomic E-state index is 0.169. The Bertz CT molecular complexity index is 455. The van der Waals surface area contributed by atoms with Gasteiger partial charge >= 0.3 is 8.03 Å². The zero-order valence-corrected chi connectivity index (χ0v) is 12.8. The van der Waals surface area contributed by atoms with Gasteiger partial charge in [-0.25, -0.2) is 0 Å². The molecule has 0 radical (unpaired) electrons. The molecule has 1 rings (SSSR count). The van der Waals surface area contributed by atoms with Gasteiger partial charge in [-0.2, -0.15) is 0 Å². The van der Waals surface area contributed by atoms with Crippen LogP contribution in [0.15, 0.2) is 18.2 Å². The number of hydrogen-bond donors (Lipinski definition) is 0. The predicted octanol–water partition coefficient (Wildman–Crippen LogP) is 4.03. The third-order valence-corrected chi connectivity index (χ3v) is 4.31. The third kappa shape index (κ3) is 4.52. The van der Waals surface area contributed by atoms with E-state index in [1.165, 1.54) is 7.11 Å². The fourth-order valence-corrected chi connectivity index (χ4v) is 2.85. The van der Waals surface area contributed by atoms with Crippen LogP contribution in [0.4, 0.5) is 0 Å². The summed E-state index contributed by atoms with van der Waals surface area (Å²) in [5, 5.41) is 0.699. The molecular formula is C15H22O3P+. The van der Waals surface area contributed by atoms with Crippen LogP contribution in [-0.4, -0.2) is 12.9 Å². The molecule has 0 heterocycles. The summed E-state index contributed by atoms with van der Waals surface area (Å²) < 4.78 is 16.6. The summed E-state index contributed by atoms with van der Waals surface area (Å²) in [7, 11) is -0.374. The fraction of sp³-hybridized carbons (Fsp3) is 0.533. The molecule has 0 N–H and O–H groups in total. The highest BCUT2D eigenvalue weighted by Crippen LogP contribution is 2.23. The molecule has 104 valence electrons. The molecule has 0 aliphatic rings. The second kappa shape index (κ2) is 8.19. The van der Waals surface area contributed by atoms with Gasteiger partial charge in [-0.15, -0.1) is 4.52 Å². The summed E-state index contributed by atoms with van der Waals surface area (Å²) in [5.74, 6) is 0.169. The molecule has 0 saturated carbocycles. The van der Waals surface area contributed by atoms with Crippen molar-refractivity contribution in [3.8, 4) is 0 Å². The van der Waals surface area contributed by atoms with Crippen LogP contribution in [0.25, 0.3) is 0 Å². The van der Waals surface area contributed by atoms with Crippen molar-refractivity contribution < 1.29 is 13.9 Å². The molecule has 0 aliphatic carbocycles. The first-order chi connectivity index (χ1) is 9.13. The first kappa shape index (κ1) is 16.0. The van der Waals surface area contributed by atoms with E-state index < -0.39 is 8.03 Å². The van der Waals surface area contributed by atoms with Gasteiger partial charge in [-0.3, -0.25) is 4.79 Å². The van der Waals surface area contributed by atoms with Gasteiger partial charge in [0.25, 0.3) is 0 Å². The minimum Gasteiger partial charge on any atom is -0.294 e. The SMILES string of the molecule is CCCCCC(=O)c1ccc([P+](=O)OC)c(CC)c1. The lowest BCUT2D eigenvalue weighted by atomic mass is 10.0. The van der Waals surface area contributed by atoms with Crippen LogP contribution in [0, 0.1) is 0 Å². The summed E-state index contributed by atoms with van der Waals surface area (Å²) in [4.78, 5) is 12.0. The van der Waals surface area contributed by atoms with Crippen LogP contribution >= 0.6 is 8.03 Å². The number of carbonyl (C=O) groups is 1. The largest absolute Gasteiger partial charge is 0.548 e. The number of aryl methyl sites for hydroxylation is 1. The van der Waals surface area contributed by atoms with Crippen LogP contribution in [0.3, 0.4) is 0 Å². The number of hydrogen-bond acceptors (Lipinski definition) is 3. The molecule has 0 bridgehead atoms. The highest BCUT2D eigenvalue weighted by Gasteiger charge is 2.24. The lowest BCUT2D eigenvalue weighted by molar-refractivity contribution is 0.0979. The van der Waals surface area contributed by atoms with E-state index in [1.807, 2.05) is 13.0 Å². The van der Waals surface area contributed by atoms with E-state index in [0.717, 1.165) is 36.8 Å². The van der Waals surface area contributed by atoms with E-state index in [2.05, 4.69) is 6.92 Å². The molecule has 1 aromatic carbocycles. The molecule has 4 heteroatoms. The molecule has 0 fully saturated rings. The zero-order valence-electron chi connectivity index (χ0n) is 11.9. The van der Waals surface area contributed by atoms with E-state index in [4.69, 9.17) is 4.52 Å². The van der Waals surface area contributed by atoms with Crippen LogP contribution < -0.4 is 5.30 Å². The van der Waals surface area contributed by atoms with Gasteiger partial charge in [0.05, 0.1) is 7.11 Å². The van der Waals surface area contributed by atoms with E-state index in [9.17, 15) is 9.36 Å². The zero-order chi connectivity index (χ0) is 14.3. The fourth-order valence-electron chi connectivity index (χ4n) is 2.00. The second-order valence-corrected chi connectivity index (χ2v) is 5.88. The normalized spacial score (nSPS) is 11.4. The van der Waals surface area contributed by atoms with E-state index >= 15 is 0 Å². The summed E-state index contributed by atoms with van der Waals surface area (Å²) in [6, 6.07) is 5.37. The second-order valence-electron chi connectivity index (χ2n) is 4.52. The van der Waals surface area contributed by atoms with Crippen LogP contribution in [0.2, 0.25) is 0 Å². The van der Waals surface area contributed by atoms with Gasteiger partial charge in [-0.1, -0.05) is 26.7 Å². The molecule has 0 aliphatic heterocycles. The molecule has 0 aromatic heterocycles. The average molecular weight is 281 g/mol. The highest BCUT2D eigenvalue weighted by molar-refractivity contribution is 7.48. The maximum atomic E-state index is 12.0. The van der Waals surface area contributed by atoms with E-state index in [1.54, 1.807) is 12.1 Å². The van der Waals surface area contributed by atoms with Gasteiger partial charge in [-0.05, 0) is 35.6 Å². The first-order valence-corrected chi connectivity index (χ1v) is 7.99. The summed E-state index contributed by atoms with van der Waals surface area (Å²) >= 11 is 0. The van der Waals surface area contributed by atoms with Crippen LogP contribution in [0.1, 0.15) is 55.5 Å². The molecule has 0 spiro atoms. The number of carbonyl (C=O) groups excluding carboxylic acids is 1. The predicted molar refractivity (Wildman–Crippen MR) is 78.5 cm³/mol. The number of unbranched alkanes of at least 4 members (excludes halogenated alkanes) is 2. The third-order valence-electron chi connectivity index (χ3n) is 3.15. The van der Waals surface area contributed by atoms with Crippen molar-refractivity contribution in [2.24, 2.45) is 0 Å². The van der Waals surface area contributed by atoms with E-state index in [-0.39, 0.29) is 5.78 Å². The maximum absolute atomic E-state index is 12.0. The van der Waals surface area contributed by atoms with Gasteiger partial charge in [0.2, 0.25) is 5.30 Å². The smallest absolute Gasteiger partial charge is 0.294 e. The standard InChI is InChI=1S/C15H22O3P/c1-4-6-7-8-14(16)13-9-10-15(19(17)18-3)12(5-2)11-13/h9-11H,4-8H2,1-3H3/q+1. The Labute approximate surface area is 116 Å². The van der Waals surface area contributed by atoms with Gasteiger partial charge in [0, 0.05) is 17.5 Å². The lowest BCUT2D eigenvalue weighted by Gasteiger charge is -2.03. The molecule has 19 heavy (non-hydrogen) atoms. The Morgan fingerprint density at radius 1 is 1.26 bits per heavy atom. The monoisotopic (exact) mass is 281 g/mol. The van der Waals surface area contributed by atoms with Crippen LogP contribution in [0.5, 0.6) is 0 Å². The van der Waals surface area contributed by atoms with Crippen molar-refractivity contribution in [3.63, 3.8) is 0 Å². The molecule has 0 saturated heterocycles. The number of rotatable bonds is 8. The number of Topliss-reactive ketones (excluding diaryl/α,β-unsaturated/α-hetero) is 1. The van der Waals surface area contributed by atoms with Crippen molar-refractivity contribution in [2.75, 3.05) is 7.11 Å². The van der Waals surface area contributed by atoms with Crippen molar-refractivity contribution in [3.05, 3.63) is 29.3 Å². The molecule has 3 nitrogen and oxygen atoms in total. The number of ketones is 1. The Kier molecular flexibility index (Phi) is 6.90. The molecule has 1 atom stereocenters. The Morgan fingerprint density at radius 3 is 2.58 bits per heavy atom. The Morgan fingerprint density at radius 2 is 2.00 bits per heavy atom. The van der Waals surface area contributed by atoms with Crippen molar-refractivity contribution >= 4 is 19.1 Å². The van der Waals surface area contributed by atoms with Gasteiger partial charge in [0.15, 0.2) is 5.78 Å². The van der Waals surface area contributed by atoms with Crippen molar-refractivity contribution in [1.82, 2.24) is 0 Å². The summed E-state index contributed by atoms with van der Waals surface area (Å²) in [6.45, 7) is 4.11. The van der Waals surface area contributed by atoms with Crippen LogP contribution in [-0.2, 0) is 15.5 Å².